The zero-order valence-electron chi connectivity index (χ0n) is 15.7. The summed E-state index contributed by atoms with van der Waals surface area (Å²) in [6.07, 6.45) is 3.39. The van der Waals surface area contributed by atoms with Crippen molar-refractivity contribution in [3.8, 4) is 5.75 Å². The highest BCUT2D eigenvalue weighted by Gasteiger charge is 2.43. The Bertz CT molecular complexity index is 646. The Balaban J connectivity index is 1.69. The lowest BCUT2D eigenvalue weighted by Gasteiger charge is -2.42. The van der Waals surface area contributed by atoms with E-state index < -0.39 is 5.60 Å². The number of likely N-dealkylation sites (tertiary alicyclic amines) is 2. The first kappa shape index (κ1) is 19.1. The van der Waals surface area contributed by atoms with Crippen LogP contribution in [0.15, 0.2) is 18.2 Å². The van der Waals surface area contributed by atoms with Crippen molar-refractivity contribution in [2.75, 3.05) is 33.3 Å². The largest absolute Gasteiger partial charge is 0.497 e. The van der Waals surface area contributed by atoms with Gasteiger partial charge >= 0.3 is 0 Å². The van der Waals surface area contributed by atoms with Crippen molar-refractivity contribution in [1.29, 1.82) is 0 Å². The standard InChI is InChI=1S/C20H29FN2O3/c1-15-6-10-22(11-7-15)14-20(25)8-3-9-23(19(20)24)13-16-12-17(26-2)4-5-18(16)21/h4-5,12,15,25H,3,6-11,13-14H2,1-2H3/t20-/m0/s1. The van der Waals surface area contributed by atoms with E-state index >= 15 is 0 Å². The summed E-state index contributed by atoms with van der Waals surface area (Å²) in [5.74, 6) is 0.612. The highest BCUT2D eigenvalue weighted by Crippen LogP contribution is 2.28. The highest BCUT2D eigenvalue weighted by atomic mass is 19.1. The average molecular weight is 364 g/mol. The van der Waals surface area contributed by atoms with Crippen LogP contribution in [-0.2, 0) is 11.3 Å². The fourth-order valence-electron chi connectivity index (χ4n) is 3.96. The number of amides is 1. The van der Waals surface area contributed by atoms with Crippen LogP contribution in [0.5, 0.6) is 5.75 Å². The molecule has 2 aliphatic rings. The first-order chi connectivity index (χ1) is 12.4. The monoisotopic (exact) mass is 364 g/mol. The maximum atomic E-state index is 14.1. The Morgan fingerprint density at radius 2 is 2.04 bits per heavy atom. The van der Waals surface area contributed by atoms with Crippen molar-refractivity contribution in [2.45, 2.75) is 44.8 Å². The maximum Gasteiger partial charge on any atom is 0.256 e. The number of ether oxygens (including phenoxy) is 1. The third-order valence-corrected chi connectivity index (χ3v) is 5.68. The number of hydrogen-bond donors (Lipinski definition) is 1. The molecular weight excluding hydrogens is 335 g/mol. The summed E-state index contributed by atoms with van der Waals surface area (Å²) >= 11 is 0. The summed E-state index contributed by atoms with van der Waals surface area (Å²) in [5.41, 5.74) is -0.956. The molecule has 0 spiro atoms. The second kappa shape index (κ2) is 7.92. The number of aliphatic hydroxyl groups is 1. The van der Waals surface area contributed by atoms with Crippen LogP contribution in [0.4, 0.5) is 4.39 Å². The van der Waals surface area contributed by atoms with Gasteiger partial charge in [-0.15, -0.1) is 0 Å². The molecule has 2 heterocycles. The van der Waals surface area contributed by atoms with Crippen LogP contribution in [0.2, 0.25) is 0 Å². The van der Waals surface area contributed by atoms with E-state index in [4.69, 9.17) is 4.74 Å². The molecule has 0 aromatic heterocycles. The van der Waals surface area contributed by atoms with Gasteiger partial charge in [-0.05, 0) is 62.9 Å². The van der Waals surface area contributed by atoms with E-state index in [2.05, 4.69) is 11.8 Å². The molecule has 6 heteroatoms. The van der Waals surface area contributed by atoms with Gasteiger partial charge in [0.05, 0.1) is 7.11 Å². The molecule has 1 N–H and O–H groups in total. The molecule has 0 aliphatic carbocycles. The summed E-state index contributed by atoms with van der Waals surface area (Å²) in [6, 6.07) is 4.52. The number of halogens is 1. The summed E-state index contributed by atoms with van der Waals surface area (Å²) in [5, 5.41) is 11.0. The van der Waals surface area contributed by atoms with Crippen LogP contribution < -0.4 is 4.74 Å². The fourth-order valence-corrected chi connectivity index (χ4v) is 3.96. The van der Waals surface area contributed by atoms with Crippen LogP contribution in [0.25, 0.3) is 0 Å². The molecule has 144 valence electrons. The van der Waals surface area contributed by atoms with Crippen LogP contribution in [0, 0.1) is 11.7 Å². The van der Waals surface area contributed by atoms with Gasteiger partial charge in [0.15, 0.2) is 5.60 Å². The molecule has 2 aliphatic heterocycles. The number of benzene rings is 1. The quantitative estimate of drug-likeness (QED) is 0.872. The van der Waals surface area contributed by atoms with E-state index in [0.29, 0.717) is 36.7 Å². The van der Waals surface area contributed by atoms with Gasteiger partial charge in [0.2, 0.25) is 0 Å². The average Bonchev–Trinajstić information content (AvgIpc) is 2.63. The number of rotatable bonds is 5. The first-order valence-electron chi connectivity index (χ1n) is 9.48. The van der Waals surface area contributed by atoms with E-state index in [-0.39, 0.29) is 18.3 Å². The van der Waals surface area contributed by atoms with E-state index in [1.807, 2.05) is 0 Å². The fraction of sp³-hybridized carbons (Fsp3) is 0.650. The molecule has 0 unspecified atom stereocenters. The normalized spacial score (nSPS) is 25.5. The minimum Gasteiger partial charge on any atom is -0.497 e. The minimum absolute atomic E-state index is 0.154. The number of carbonyl (C=O) groups is 1. The van der Waals surface area contributed by atoms with Crippen molar-refractivity contribution in [2.24, 2.45) is 5.92 Å². The van der Waals surface area contributed by atoms with Crippen molar-refractivity contribution < 1.29 is 19.0 Å². The number of β-amino-alcohol motifs (C(OH)–C–C–N with tert-alkyl or cyclic N) is 1. The Hall–Kier alpha value is -1.66. The molecular formula is C20H29FN2O3. The highest BCUT2D eigenvalue weighted by molar-refractivity contribution is 5.86. The SMILES string of the molecule is COc1ccc(F)c(CN2CCC[C@](O)(CN3CCC(C)CC3)C2=O)c1. The number of methoxy groups -OCH3 is 1. The van der Waals surface area contributed by atoms with Crippen molar-refractivity contribution in [3.63, 3.8) is 0 Å². The molecule has 0 saturated carbocycles. The summed E-state index contributed by atoms with van der Waals surface area (Å²) < 4.78 is 19.3. The third-order valence-electron chi connectivity index (χ3n) is 5.68. The molecule has 0 bridgehead atoms. The molecule has 0 radical (unpaired) electrons. The Labute approximate surface area is 154 Å². The van der Waals surface area contributed by atoms with Gasteiger partial charge in [0.25, 0.3) is 5.91 Å². The number of piperidine rings is 2. The lowest BCUT2D eigenvalue weighted by atomic mass is 9.89. The van der Waals surface area contributed by atoms with Crippen molar-refractivity contribution in [1.82, 2.24) is 9.80 Å². The molecule has 2 fully saturated rings. The predicted molar refractivity (Wildman–Crippen MR) is 97.4 cm³/mol. The summed E-state index contributed by atoms with van der Waals surface area (Å²) in [6.45, 7) is 5.14. The molecule has 3 rings (SSSR count). The Morgan fingerprint density at radius 3 is 2.73 bits per heavy atom. The topological polar surface area (TPSA) is 53.0 Å². The van der Waals surface area contributed by atoms with Crippen LogP contribution in [0.1, 0.15) is 38.2 Å². The smallest absolute Gasteiger partial charge is 0.256 e. The van der Waals surface area contributed by atoms with E-state index in [1.165, 1.54) is 13.2 Å². The molecule has 2 saturated heterocycles. The van der Waals surface area contributed by atoms with Gasteiger partial charge in [-0.25, -0.2) is 4.39 Å². The van der Waals surface area contributed by atoms with Gasteiger partial charge in [-0.3, -0.25) is 9.69 Å². The van der Waals surface area contributed by atoms with Crippen molar-refractivity contribution >= 4 is 5.91 Å². The van der Waals surface area contributed by atoms with Gasteiger partial charge < -0.3 is 14.7 Å². The van der Waals surface area contributed by atoms with Gasteiger partial charge in [0.1, 0.15) is 11.6 Å². The van der Waals surface area contributed by atoms with Crippen molar-refractivity contribution in [3.05, 3.63) is 29.6 Å². The lowest BCUT2D eigenvalue weighted by molar-refractivity contribution is -0.160. The Morgan fingerprint density at radius 1 is 1.31 bits per heavy atom. The zero-order valence-corrected chi connectivity index (χ0v) is 15.7. The Kier molecular flexibility index (Phi) is 5.82. The van der Waals surface area contributed by atoms with Gasteiger partial charge in [0, 0.05) is 25.2 Å². The van der Waals surface area contributed by atoms with E-state index in [0.717, 1.165) is 32.4 Å². The van der Waals surface area contributed by atoms with Gasteiger partial charge in [-0.1, -0.05) is 6.92 Å². The predicted octanol–water partition coefficient (Wildman–Crippen LogP) is 2.42. The van der Waals surface area contributed by atoms with E-state index in [1.54, 1.807) is 17.0 Å². The molecule has 1 atom stereocenters. The minimum atomic E-state index is -1.37. The van der Waals surface area contributed by atoms with Crippen LogP contribution >= 0.6 is 0 Å². The summed E-state index contributed by atoms with van der Waals surface area (Å²) in [4.78, 5) is 16.7. The number of hydrogen-bond acceptors (Lipinski definition) is 4. The summed E-state index contributed by atoms with van der Waals surface area (Å²) in [7, 11) is 1.53. The van der Waals surface area contributed by atoms with Gasteiger partial charge in [-0.2, -0.15) is 0 Å². The first-order valence-corrected chi connectivity index (χ1v) is 9.48. The van der Waals surface area contributed by atoms with E-state index in [9.17, 15) is 14.3 Å². The number of carbonyl (C=O) groups excluding carboxylic acids is 1. The zero-order chi connectivity index (χ0) is 18.7. The van der Waals surface area contributed by atoms with Crippen LogP contribution in [-0.4, -0.2) is 59.7 Å². The second-order valence-corrected chi connectivity index (χ2v) is 7.78. The number of nitrogens with zero attached hydrogens (tertiary/aromatic N) is 2. The molecule has 26 heavy (non-hydrogen) atoms. The molecule has 1 aromatic rings. The maximum absolute atomic E-state index is 14.1. The molecule has 1 aromatic carbocycles. The molecule has 1 amide bonds. The second-order valence-electron chi connectivity index (χ2n) is 7.78. The third kappa shape index (κ3) is 4.18. The van der Waals surface area contributed by atoms with Crippen LogP contribution in [0.3, 0.4) is 0 Å². The molecule has 5 nitrogen and oxygen atoms in total. The lowest BCUT2D eigenvalue weighted by Crippen LogP contribution is -2.59.